The Morgan fingerprint density at radius 2 is 2.04 bits per heavy atom. The fourth-order valence-electron chi connectivity index (χ4n) is 3.59. The lowest BCUT2D eigenvalue weighted by atomic mass is 9.87. The number of carbonyl (C=O) groups excluding carboxylic acids is 1. The second-order valence-corrected chi connectivity index (χ2v) is 7.36. The quantitative estimate of drug-likeness (QED) is 0.860. The van der Waals surface area contributed by atoms with Crippen molar-refractivity contribution in [2.75, 3.05) is 13.2 Å². The lowest BCUT2D eigenvalue weighted by Crippen LogP contribution is -2.41. The molecule has 25 heavy (non-hydrogen) atoms. The molecule has 1 N–H and O–H groups in total. The molecule has 2 heterocycles. The number of amides is 1. The van der Waals surface area contributed by atoms with E-state index in [0.29, 0.717) is 13.2 Å². The lowest BCUT2D eigenvalue weighted by molar-refractivity contribution is -0.135. The van der Waals surface area contributed by atoms with E-state index >= 15 is 0 Å². The second kappa shape index (κ2) is 7.87. The minimum atomic E-state index is -0.207. The number of hydrogen-bond acceptors (Lipinski definition) is 3. The number of carbonyl (C=O) groups is 1. The van der Waals surface area contributed by atoms with Gasteiger partial charge in [-0.2, -0.15) is 0 Å². The van der Waals surface area contributed by atoms with Crippen LogP contribution in [0, 0.1) is 5.92 Å². The maximum absolute atomic E-state index is 12.5. The van der Waals surface area contributed by atoms with Crippen molar-refractivity contribution in [2.45, 2.75) is 44.6 Å². The van der Waals surface area contributed by atoms with Crippen LogP contribution in [-0.4, -0.2) is 24.7 Å². The Kier molecular flexibility index (Phi) is 5.59. The van der Waals surface area contributed by atoms with Crippen LogP contribution in [0.2, 0.25) is 0 Å². The molecule has 1 saturated heterocycles. The van der Waals surface area contributed by atoms with Gasteiger partial charge in [0.25, 0.3) is 0 Å². The highest BCUT2D eigenvalue weighted by Gasteiger charge is 2.32. The average molecular weight is 341 g/mol. The van der Waals surface area contributed by atoms with E-state index < -0.39 is 0 Å². The van der Waals surface area contributed by atoms with Crippen molar-refractivity contribution in [3.05, 3.63) is 60.1 Å². The Bertz CT molecular complexity index is 664. The average Bonchev–Trinajstić information content (AvgIpc) is 3.12. The van der Waals surface area contributed by atoms with Gasteiger partial charge < -0.3 is 14.5 Å². The van der Waals surface area contributed by atoms with Crippen molar-refractivity contribution in [1.82, 2.24) is 5.32 Å². The summed E-state index contributed by atoms with van der Waals surface area (Å²) in [5, 5.41) is 3.12. The van der Waals surface area contributed by atoms with Crippen molar-refractivity contribution in [3.63, 3.8) is 0 Å². The molecular formula is C21H27NO3. The third-order valence-corrected chi connectivity index (χ3v) is 4.89. The van der Waals surface area contributed by atoms with Gasteiger partial charge in [-0.05, 0) is 50.8 Å². The summed E-state index contributed by atoms with van der Waals surface area (Å²) >= 11 is 0. The van der Waals surface area contributed by atoms with E-state index in [-0.39, 0.29) is 23.3 Å². The van der Waals surface area contributed by atoms with Crippen LogP contribution in [-0.2, 0) is 9.53 Å². The molecule has 0 unspecified atom stereocenters. The van der Waals surface area contributed by atoms with Gasteiger partial charge >= 0.3 is 0 Å². The summed E-state index contributed by atoms with van der Waals surface area (Å²) in [5.74, 6) is 1.28. The van der Waals surface area contributed by atoms with Gasteiger partial charge in [0.15, 0.2) is 0 Å². The molecule has 1 amide bonds. The highest BCUT2D eigenvalue weighted by Crippen LogP contribution is 2.30. The smallest absolute Gasteiger partial charge is 0.223 e. The molecule has 1 aliphatic heterocycles. The molecule has 0 spiro atoms. The van der Waals surface area contributed by atoms with E-state index in [1.807, 2.05) is 30.3 Å². The van der Waals surface area contributed by atoms with Gasteiger partial charge in [-0.1, -0.05) is 30.3 Å². The molecule has 0 aliphatic carbocycles. The van der Waals surface area contributed by atoms with Gasteiger partial charge in [0.05, 0.1) is 11.9 Å². The number of hydrogen-bond donors (Lipinski definition) is 1. The van der Waals surface area contributed by atoms with Crippen LogP contribution in [0.25, 0.3) is 0 Å². The molecule has 0 bridgehead atoms. The van der Waals surface area contributed by atoms with Crippen molar-refractivity contribution < 1.29 is 13.9 Å². The van der Waals surface area contributed by atoms with Gasteiger partial charge in [0.1, 0.15) is 5.76 Å². The Labute approximate surface area is 149 Å². The molecule has 2 atom stereocenters. The number of furan rings is 1. The summed E-state index contributed by atoms with van der Waals surface area (Å²) in [6, 6.07) is 14.2. The SMILES string of the molecule is CC1(C)C[C@H](C(=O)NCC[C@@H](c2ccccc2)c2ccco2)CCO1. The van der Waals surface area contributed by atoms with Crippen LogP contribution >= 0.6 is 0 Å². The first-order valence-electron chi connectivity index (χ1n) is 9.05. The van der Waals surface area contributed by atoms with E-state index in [9.17, 15) is 4.79 Å². The zero-order chi connectivity index (χ0) is 17.7. The zero-order valence-electron chi connectivity index (χ0n) is 15.0. The molecular weight excluding hydrogens is 314 g/mol. The number of benzene rings is 1. The second-order valence-electron chi connectivity index (χ2n) is 7.36. The maximum atomic E-state index is 12.5. The predicted molar refractivity (Wildman–Crippen MR) is 97.4 cm³/mol. The minimum absolute atomic E-state index is 0.0440. The van der Waals surface area contributed by atoms with Crippen molar-refractivity contribution in [2.24, 2.45) is 5.92 Å². The van der Waals surface area contributed by atoms with Crippen molar-refractivity contribution in [1.29, 1.82) is 0 Å². The fourth-order valence-corrected chi connectivity index (χ4v) is 3.59. The molecule has 0 saturated carbocycles. The molecule has 1 aliphatic rings. The number of rotatable bonds is 6. The van der Waals surface area contributed by atoms with Crippen molar-refractivity contribution >= 4 is 5.91 Å². The molecule has 0 radical (unpaired) electrons. The highest BCUT2D eigenvalue weighted by molar-refractivity contribution is 5.78. The minimum Gasteiger partial charge on any atom is -0.469 e. The van der Waals surface area contributed by atoms with E-state index in [4.69, 9.17) is 9.15 Å². The largest absolute Gasteiger partial charge is 0.469 e. The van der Waals surface area contributed by atoms with Crippen LogP contribution in [0.4, 0.5) is 0 Å². The number of ether oxygens (including phenoxy) is 1. The van der Waals surface area contributed by atoms with E-state index in [1.54, 1.807) is 6.26 Å². The standard InChI is InChI=1S/C21H27NO3/c1-21(2)15-17(11-14-25-21)20(23)22-12-10-18(19-9-6-13-24-19)16-7-4-3-5-8-16/h3-9,13,17-18H,10-12,14-15H2,1-2H3,(H,22,23)/t17-,18+/m1/s1. The van der Waals surface area contributed by atoms with Crippen LogP contribution in [0.5, 0.6) is 0 Å². The van der Waals surface area contributed by atoms with Gasteiger partial charge in [-0.25, -0.2) is 0 Å². The third kappa shape index (κ3) is 4.73. The Hall–Kier alpha value is -2.07. The topological polar surface area (TPSA) is 51.5 Å². The van der Waals surface area contributed by atoms with Crippen molar-refractivity contribution in [3.8, 4) is 0 Å². The summed E-state index contributed by atoms with van der Waals surface area (Å²) < 4.78 is 11.3. The molecule has 3 rings (SSSR count). The van der Waals surface area contributed by atoms with Crippen LogP contribution in [0.15, 0.2) is 53.1 Å². The normalized spacial score (nSPS) is 20.8. The van der Waals surface area contributed by atoms with Gasteiger partial charge in [0, 0.05) is 25.0 Å². The fraction of sp³-hybridized carbons (Fsp3) is 0.476. The summed E-state index contributed by atoms with van der Waals surface area (Å²) in [4.78, 5) is 12.5. The molecule has 1 fully saturated rings. The zero-order valence-corrected chi connectivity index (χ0v) is 15.0. The van der Waals surface area contributed by atoms with Gasteiger partial charge in [0.2, 0.25) is 5.91 Å². The Balaban J connectivity index is 1.58. The van der Waals surface area contributed by atoms with E-state index in [2.05, 4.69) is 31.3 Å². The van der Waals surface area contributed by atoms with Crippen LogP contribution in [0.3, 0.4) is 0 Å². The van der Waals surface area contributed by atoms with E-state index in [0.717, 1.165) is 25.0 Å². The first-order chi connectivity index (χ1) is 12.1. The first kappa shape index (κ1) is 17.7. The molecule has 134 valence electrons. The Morgan fingerprint density at radius 3 is 2.72 bits per heavy atom. The van der Waals surface area contributed by atoms with Crippen LogP contribution in [0.1, 0.15) is 50.4 Å². The summed E-state index contributed by atoms with van der Waals surface area (Å²) in [5.41, 5.74) is 1.000. The summed E-state index contributed by atoms with van der Waals surface area (Å²) in [6.07, 6.45) is 4.10. The van der Waals surface area contributed by atoms with Gasteiger partial charge in [-0.3, -0.25) is 4.79 Å². The predicted octanol–water partition coefficient (Wildman–Crippen LogP) is 4.12. The first-order valence-corrected chi connectivity index (χ1v) is 9.05. The molecule has 1 aromatic heterocycles. The molecule has 1 aromatic carbocycles. The van der Waals surface area contributed by atoms with Gasteiger partial charge in [-0.15, -0.1) is 0 Å². The summed E-state index contributed by atoms with van der Waals surface area (Å²) in [7, 11) is 0. The van der Waals surface area contributed by atoms with E-state index in [1.165, 1.54) is 5.56 Å². The summed E-state index contributed by atoms with van der Waals surface area (Å²) in [6.45, 7) is 5.39. The third-order valence-electron chi connectivity index (χ3n) is 4.89. The molecule has 2 aromatic rings. The molecule has 4 nitrogen and oxygen atoms in total. The Morgan fingerprint density at radius 1 is 1.24 bits per heavy atom. The molecule has 4 heteroatoms. The number of nitrogens with one attached hydrogen (secondary N) is 1. The monoisotopic (exact) mass is 341 g/mol. The maximum Gasteiger partial charge on any atom is 0.223 e. The van der Waals surface area contributed by atoms with Crippen LogP contribution < -0.4 is 5.32 Å². The highest BCUT2D eigenvalue weighted by atomic mass is 16.5. The lowest BCUT2D eigenvalue weighted by Gasteiger charge is -2.34.